The largest absolute Gasteiger partial charge is 0.439 e. The van der Waals surface area contributed by atoms with Gasteiger partial charge < -0.3 is 19.7 Å². The Hall–Kier alpha value is -2.67. The second kappa shape index (κ2) is 8.14. The van der Waals surface area contributed by atoms with Crippen LogP contribution in [0.2, 0.25) is 0 Å². The second-order valence-corrected chi connectivity index (χ2v) is 7.44. The molecule has 2 aliphatic rings. The van der Waals surface area contributed by atoms with Gasteiger partial charge in [0.2, 0.25) is 5.88 Å². The van der Waals surface area contributed by atoms with Crippen LogP contribution in [0.3, 0.4) is 0 Å². The van der Waals surface area contributed by atoms with Gasteiger partial charge in [-0.25, -0.2) is 9.37 Å². The van der Waals surface area contributed by atoms with Crippen molar-refractivity contribution in [3.63, 3.8) is 0 Å². The third-order valence-electron chi connectivity index (χ3n) is 5.40. The molecule has 0 saturated carbocycles. The number of hydrogen-bond acceptors (Lipinski definition) is 4. The molecule has 2 saturated heterocycles. The first-order valence-electron chi connectivity index (χ1n) is 9.58. The molecule has 1 unspecified atom stereocenters. The highest BCUT2D eigenvalue weighted by atomic mass is 19.1. The number of nitrogens with zero attached hydrogens (tertiary/aromatic N) is 3. The SMILES string of the molecule is CN=C(NCc1ccc(Oc2cccc(F)c2)nc1)N1CCC2(CCOC2)C1. The number of guanidine groups is 1. The monoisotopic (exact) mass is 384 g/mol. The summed E-state index contributed by atoms with van der Waals surface area (Å²) in [6.07, 6.45) is 4.05. The fraction of sp³-hybridized carbons (Fsp3) is 0.429. The molecule has 2 aromatic rings. The maximum atomic E-state index is 13.2. The average Bonchev–Trinajstić information content (AvgIpc) is 3.34. The first-order valence-corrected chi connectivity index (χ1v) is 9.58. The Morgan fingerprint density at radius 1 is 1.36 bits per heavy atom. The van der Waals surface area contributed by atoms with E-state index in [9.17, 15) is 4.39 Å². The summed E-state index contributed by atoms with van der Waals surface area (Å²) < 4.78 is 24.4. The molecule has 0 aliphatic carbocycles. The molecule has 4 rings (SSSR count). The van der Waals surface area contributed by atoms with Crippen molar-refractivity contribution in [1.82, 2.24) is 15.2 Å². The van der Waals surface area contributed by atoms with Gasteiger partial charge in [-0.05, 0) is 30.5 Å². The van der Waals surface area contributed by atoms with Crippen LogP contribution in [0.4, 0.5) is 4.39 Å². The molecule has 1 aromatic carbocycles. The molecule has 0 amide bonds. The molecule has 7 heteroatoms. The molecule has 0 bridgehead atoms. The highest BCUT2D eigenvalue weighted by Gasteiger charge is 2.42. The van der Waals surface area contributed by atoms with Crippen molar-refractivity contribution in [3.8, 4) is 11.6 Å². The van der Waals surface area contributed by atoms with Gasteiger partial charge in [0, 0.05) is 57.0 Å². The van der Waals surface area contributed by atoms with E-state index in [1.165, 1.54) is 12.1 Å². The van der Waals surface area contributed by atoms with Gasteiger partial charge in [-0.15, -0.1) is 0 Å². The van der Waals surface area contributed by atoms with E-state index in [-0.39, 0.29) is 5.82 Å². The molecule has 1 spiro atoms. The summed E-state index contributed by atoms with van der Waals surface area (Å²) in [6.45, 7) is 4.35. The van der Waals surface area contributed by atoms with Crippen molar-refractivity contribution < 1.29 is 13.9 Å². The number of aliphatic imine (C=N–C) groups is 1. The van der Waals surface area contributed by atoms with Crippen molar-refractivity contribution in [2.24, 2.45) is 10.4 Å². The van der Waals surface area contributed by atoms with Gasteiger partial charge in [-0.2, -0.15) is 0 Å². The molecule has 2 aliphatic heterocycles. The van der Waals surface area contributed by atoms with Crippen LogP contribution in [-0.4, -0.2) is 49.2 Å². The Labute approximate surface area is 164 Å². The summed E-state index contributed by atoms with van der Waals surface area (Å²) in [7, 11) is 1.81. The van der Waals surface area contributed by atoms with Crippen LogP contribution < -0.4 is 10.1 Å². The van der Waals surface area contributed by atoms with Crippen LogP contribution >= 0.6 is 0 Å². The zero-order valence-electron chi connectivity index (χ0n) is 16.0. The van der Waals surface area contributed by atoms with Gasteiger partial charge in [0.25, 0.3) is 0 Å². The Morgan fingerprint density at radius 2 is 2.29 bits per heavy atom. The van der Waals surface area contributed by atoms with Crippen LogP contribution in [0.25, 0.3) is 0 Å². The molecule has 3 heterocycles. The summed E-state index contributed by atoms with van der Waals surface area (Å²) in [5, 5.41) is 3.42. The molecule has 1 atom stereocenters. The van der Waals surface area contributed by atoms with E-state index in [0.29, 0.717) is 23.6 Å². The maximum Gasteiger partial charge on any atom is 0.219 e. The standard InChI is InChI=1S/C21H25FN4O2/c1-23-20(26-9-7-21(14-26)8-10-27-15-21)25-13-16-5-6-19(24-12-16)28-18-4-2-3-17(22)11-18/h2-6,11-12H,7-10,13-15H2,1H3,(H,23,25). The maximum absolute atomic E-state index is 13.2. The quantitative estimate of drug-likeness (QED) is 0.648. The number of halogens is 1. The third kappa shape index (κ3) is 4.25. The van der Waals surface area contributed by atoms with Crippen molar-refractivity contribution in [2.75, 3.05) is 33.4 Å². The zero-order valence-corrected chi connectivity index (χ0v) is 16.0. The summed E-state index contributed by atoms with van der Waals surface area (Å²) in [5.41, 5.74) is 1.32. The predicted molar refractivity (Wildman–Crippen MR) is 105 cm³/mol. The van der Waals surface area contributed by atoms with E-state index in [2.05, 4.69) is 20.2 Å². The van der Waals surface area contributed by atoms with E-state index in [1.54, 1.807) is 24.4 Å². The topological polar surface area (TPSA) is 59.0 Å². The Morgan fingerprint density at radius 3 is 3.00 bits per heavy atom. The van der Waals surface area contributed by atoms with E-state index in [4.69, 9.17) is 9.47 Å². The minimum absolute atomic E-state index is 0.301. The number of benzene rings is 1. The first kappa shape index (κ1) is 18.7. The average molecular weight is 384 g/mol. The second-order valence-electron chi connectivity index (χ2n) is 7.44. The molecule has 6 nitrogen and oxygen atoms in total. The fourth-order valence-electron chi connectivity index (χ4n) is 3.83. The summed E-state index contributed by atoms with van der Waals surface area (Å²) in [4.78, 5) is 11.0. The number of aromatic nitrogens is 1. The zero-order chi connectivity index (χ0) is 19.4. The number of nitrogens with one attached hydrogen (secondary N) is 1. The van der Waals surface area contributed by atoms with Gasteiger partial charge in [-0.3, -0.25) is 4.99 Å². The number of likely N-dealkylation sites (tertiary alicyclic amines) is 1. The predicted octanol–water partition coefficient (Wildman–Crippen LogP) is 3.20. The Balaban J connectivity index is 1.31. The third-order valence-corrected chi connectivity index (χ3v) is 5.40. The van der Waals surface area contributed by atoms with E-state index in [0.717, 1.165) is 50.7 Å². The molecular formula is C21H25FN4O2. The van der Waals surface area contributed by atoms with Crippen molar-refractivity contribution >= 4 is 5.96 Å². The molecule has 2 fully saturated rings. The molecule has 1 aromatic heterocycles. The molecule has 28 heavy (non-hydrogen) atoms. The Bertz CT molecular complexity index is 835. The van der Waals surface area contributed by atoms with Crippen LogP contribution in [0.15, 0.2) is 47.6 Å². The van der Waals surface area contributed by atoms with Crippen LogP contribution in [-0.2, 0) is 11.3 Å². The lowest BCUT2D eigenvalue weighted by Crippen LogP contribution is -2.41. The number of hydrogen-bond donors (Lipinski definition) is 1. The van der Waals surface area contributed by atoms with Gasteiger partial charge in [0.15, 0.2) is 5.96 Å². The highest BCUT2D eigenvalue weighted by Crippen LogP contribution is 2.38. The smallest absolute Gasteiger partial charge is 0.219 e. The van der Waals surface area contributed by atoms with Crippen molar-refractivity contribution in [3.05, 3.63) is 54.0 Å². The van der Waals surface area contributed by atoms with Gasteiger partial charge in [-0.1, -0.05) is 12.1 Å². The van der Waals surface area contributed by atoms with Gasteiger partial charge in [0.05, 0.1) is 6.61 Å². The van der Waals surface area contributed by atoms with E-state index in [1.807, 2.05) is 13.1 Å². The van der Waals surface area contributed by atoms with Crippen molar-refractivity contribution in [2.45, 2.75) is 19.4 Å². The minimum Gasteiger partial charge on any atom is -0.439 e. The summed E-state index contributed by atoms with van der Waals surface area (Å²) in [5.74, 6) is 1.43. The Kier molecular flexibility index (Phi) is 5.43. The minimum atomic E-state index is -0.336. The number of rotatable bonds is 4. The normalized spacial score (nSPS) is 22.1. The molecular weight excluding hydrogens is 359 g/mol. The summed E-state index contributed by atoms with van der Waals surface area (Å²) in [6, 6.07) is 9.74. The van der Waals surface area contributed by atoms with Gasteiger partial charge >= 0.3 is 0 Å². The lowest BCUT2D eigenvalue weighted by Gasteiger charge is -2.25. The lowest BCUT2D eigenvalue weighted by molar-refractivity contribution is 0.156. The lowest BCUT2D eigenvalue weighted by atomic mass is 9.87. The number of ether oxygens (including phenoxy) is 2. The first-order chi connectivity index (χ1) is 13.7. The van der Waals surface area contributed by atoms with Crippen molar-refractivity contribution in [1.29, 1.82) is 0 Å². The van der Waals surface area contributed by atoms with Gasteiger partial charge in [0.1, 0.15) is 11.6 Å². The summed E-state index contributed by atoms with van der Waals surface area (Å²) >= 11 is 0. The van der Waals surface area contributed by atoms with Crippen LogP contribution in [0.1, 0.15) is 18.4 Å². The number of pyridine rings is 1. The van der Waals surface area contributed by atoms with E-state index >= 15 is 0 Å². The van der Waals surface area contributed by atoms with Crippen LogP contribution in [0, 0.1) is 11.2 Å². The van der Waals surface area contributed by atoms with E-state index < -0.39 is 0 Å². The fourth-order valence-corrected chi connectivity index (χ4v) is 3.83. The molecule has 0 radical (unpaired) electrons. The van der Waals surface area contributed by atoms with Crippen LogP contribution in [0.5, 0.6) is 11.6 Å². The molecule has 148 valence electrons. The highest BCUT2D eigenvalue weighted by molar-refractivity contribution is 5.80. The molecule has 1 N–H and O–H groups in total.